The maximum absolute atomic E-state index is 13.9. The first-order valence-corrected chi connectivity index (χ1v) is 13.6. The van der Waals surface area contributed by atoms with Crippen molar-refractivity contribution < 1.29 is 18.3 Å². The standard InChI is InChI=1S/C29H39F2NO2/c1-2-3-4-5-6-7-19-8-12-24-20(14-19)9-10-21-15-22(11-13-25(21)24)29(33)34-23-16-27(30)26(18-32)28(31)17-23/h16-17,19-22,24-25H,2-15H2,1H3. The van der Waals surface area contributed by atoms with Crippen LogP contribution in [0.3, 0.4) is 0 Å². The second kappa shape index (κ2) is 11.6. The first kappa shape index (κ1) is 25.1. The SMILES string of the molecule is CCCCCCCC1CCC2C(CCC3CC(C(=O)Oc4cc(F)c(C#N)c(F)c4)CCC32)C1. The number of nitrogens with zero attached hydrogens (tertiary/aromatic N) is 1. The maximum Gasteiger partial charge on any atom is 0.314 e. The molecule has 3 fully saturated rings. The number of rotatable bonds is 8. The number of fused-ring (bicyclic) bond motifs is 3. The Morgan fingerprint density at radius 1 is 0.941 bits per heavy atom. The van der Waals surface area contributed by atoms with E-state index in [9.17, 15) is 13.6 Å². The third kappa shape index (κ3) is 5.81. The summed E-state index contributed by atoms with van der Waals surface area (Å²) in [6.45, 7) is 2.27. The Kier molecular flexibility index (Phi) is 8.61. The molecule has 6 unspecified atom stereocenters. The number of ether oxygens (including phenoxy) is 1. The Bertz CT molecular complexity index is 872. The van der Waals surface area contributed by atoms with Crippen LogP contribution in [0.5, 0.6) is 5.75 Å². The molecule has 4 rings (SSSR count). The van der Waals surface area contributed by atoms with Gasteiger partial charge in [-0.15, -0.1) is 0 Å². The summed E-state index contributed by atoms with van der Waals surface area (Å²) in [4.78, 5) is 12.8. The molecule has 0 radical (unpaired) electrons. The summed E-state index contributed by atoms with van der Waals surface area (Å²) in [6.07, 6.45) is 17.5. The van der Waals surface area contributed by atoms with E-state index < -0.39 is 23.2 Å². The predicted octanol–water partition coefficient (Wildman–Crippen LogP) is 7.96. The molecule has 34 heavy (non-hydrogen) atoms. The van der Waals surface area contributed by atoms with Crippen molar-refractivity contribution in [2.75, 3.05) is 0 Å². The second-order valence-electron chi connectivity index (χ2n) is 11.1. The van der Waals surface area contributed by atoms with Gasteiger partial charge in [-0.25, -0.2) is 8.78 Å². The number of hydrogen-bond donors (Lipinski definition) is 0. The summed E-state index contributed by atoms with van der Waals surface area (Å²) in [7, 11) is 0. The first-order valence-electron chi connectivity index (χ1n) is 13.6. The summed E-state index contributed by atoms with van der Waals surface area (Å²) >= 11 is 0. The summed E-state index contributed by atoms with van der Waals surface area (Å²) in [5, 5.41) is 8.81. The molecule has 0 N–H and O–H groups in total. The molecule has 0 heterocycles. The average molecular weight is 472 g/mol. The molecule has 0 aliphatic heterocycles. The number of esters is 1. The molecule has 0 amide bonds. The van der Waals surface area contributed by atoms with Gasteiger partial charge in [0.15, 0.2) is 0 Å². The molecule has 3 nitrogen and oxygen atoms in total. The van der Waals surface area contributed by atoms with E-state index in [1.807, 2.05) is 0 Å². The topological polar surface area (TPSA) is 50.1 Å². The molecule has 3 aliphatic carbocycles. The van der Waals surface area contributed by atoms with E-state index in [0.29, 0.717) is 5.92 Å². The lowest BCUT2D eigenvalue weighted by Gasteiger charge is -2.50. The summed E-state index contributed by atoms with van der Waals surface area (Å²) < 4.78 is 33.1. The normalized spacial score (nSPS) is 30.6. The van der Waals surface area contributed by atoms with Crippen LogP contribution in [0, 0.1) is 58.5 Å². The monoisotopic (exact) mass is 471 g/mol. The van der Waals surface area contributed by atoms with Gasteiger partial charge in [0, 0.05) is 12.1 Å². The minimum absolute atomic E-state index is 0.155. The minimum atomic E-state index is -0.996. The molecular weight excluding hydrogens is 432 g/mol. The van der Waals surface area contributed by atoms with Crippen molar-refractivity contribution in [1.82, 2.24) is 0 Å². The number of carbonyl (C=O) groups is 1. The van der Waals surface area contributed by atoms with Gasteiger partial charge in [0.25, 0.3) is 0 Å². The first-order chi connectivity index (χ1) is 16.5. The van der Waals surface area contributed by atoms with E-state index >= 15 is 0 Å². The highest BCUT2D eigenvalue weighted by Gasteiger charge is 2.45. The number of benzene rings is 1. The molecular formula is C29H39F2NO2. The Labute approximate surface area is 203 Å². The molecule has 1 aromatic carbocycles. The Morgan fingerprint density at radius 3 is 2.26 bits per heavy atom. The van der Waals surface area contributed by atoms with Crippen molar-refractivity contribution in [2.45, 2.75) is 96.8 Å². The lowest BCUT2D eigenvalue weighted by Crippen LogP contribution is -2.42. The Morgan fingerprint density at radius 2 is 1.59 bits per heavy atom. The molecule has 0 bridgehead atoms. The van der Waals surface area contributed by atoms with Gasteiger partial charge in [0.2, 0.25) is 0 Å². The van der Waals surface area contributed by atoms with Crippen LogP contribution in [-0.2, 0) is 4.79 Å². The summed E-state index contributed by atoms with van der Waals surface area (Å²) in [5.41, 5.74) is -0.650. The van der Waals surface area contributed by atoms with Gasteiger partial charge < -0.3 is 4.74 Å². The van der Waals surface area contributed by atoms with Gasteiger partial charge in [-0.05, 0) is 74.5 Å². The number of hydrogen-bond acceptors (Lipinski definition) is 3. The van der Waals surface area contributed by atoms with Crippen LogP contribution in [0.4, 0.5) is 8.78 Å². The van der Waals surface area contributed by atoms with Gasteiger partial charge in [-0.2, -0.15) is 5.26 Å². The second-order valence-corrected chi connectivity index (χ2v) is 11.1. The van der Waals surface area contributed by atoms with E-state index in [2.05, 4.69) is 6.92 Å². The van der Waals surface area contributed by atoms with Crippen molar-refractivity contribution >= 4 is 5.97 Å². The molecule has 3 aliphatic rings. The molecule has 0 aromatic heterocycles. The quantitative estimate of drug-likeness (QED) is 0.219. The van der Waals surface area contributed by atoms with Gasteiger partial charge in [0.05, 0.1) is 5.92 Å². The fourth-order valence-corrected chi connectivity index (χ4v) is 7.32. The highest BCUT2D eigenvalue weighted by Crippen LogP contribution is 2.54. The summed E-state index contributed by atoms with van der Waals surface area (Å²) in [5.74, 6) is 1.13. The predicted molar refractivity (Wildman–Crippen MR) is 128 cm³/mol. The maximum atomic E-state index is 13.9. The minimum Gasteiger partial charge on any atom is -0.426 e. The molecule has 6 atom stereocenters. The van der Waals surface area contributed by atoms with Crippen LogP contribution in [-0.4, -0.2) is 5.97 Å². The third-order valence-electron chi connectivity index (χ3n) is 9.04. The number of nitriles is 1. The van der Waals surface area contributed by atoms with E-state index in [0.717, 1.165) is 55.1 Å². The Balaban J connectivity index is 1.27. The van der Waals surface area contributed by atoms with E-state index in [4.69, 9.17) is 10.00 Å². The van der Waals surface area contributed by atoms with Crippen molar-refractivity contribution in [3.8, 4) is 11.8 Å². The number of halogens is 2. The molecule has 5 heteroatoms. The zero-order chi connectivity index (χ0) is 24.1. The molecule has 186 valence electrons. The lowest BCUT2D eigenvalue weighted by atomic mass is 9.55. The fraction of sp³-hybridized carbons (Fsp3) is 0.724. The van der Waals surface area contributed by atoms with Crippen LogP contribution in [0.1, 0.15) is 102 Å². The molecule has 3 saturated carbocycles. The zero-order valence-electron chi connectivity index (χ0n) is 20.5. The van der Waals surface area contributed by atoms with Gasteiger partial charge in [-0.3, -0.25) is 4.79 Å². The fourth-order valence-electron chi connectivity index (χ4n) is 7.32. The smallest absolute Gasteiger partial charge is 0.314 e. The van der Waals surface area contributed by atoms with Crippen molar-refractivity contribution in [3.05, 3.63) is 29.3 Å². The van der Waals surface area contributed by atoms with Crippen LogP contribution in [0.15, 0.2) is 12.1 Å². The van der Waals surface area contributed by atoms with E-state index in [-0.39, 0.29) is 11.7 Å². The van der Waals surface area contributed by atoms with Gasteiger partial charge in [-0.1, -0.05) is 51.9 Å². The third-order valence-corrected chi connectivity index (χ3v) is 9.04. The molecule has 1 aromatic rings. The van der Waals surface area contributed by atoms with Crippen LogP contribution in [0.2, 0.25) is 0 Å². The van der Waals surface area contributed by atoms with Crippen LogP contribution < -0.4 is 4.74 Å². The molecule has 0 spiro atoms. The Hall–Kier alpha value is -1.96. The van der Waals surface area contributed by atoms with Gasteiger partial charge in [0.1, 0.15) is 29.0 Å². The van der Waals surface area contributed by atoms with Gasteiger partial charge >= 0.3 is 5.97 Å². The van der Waals surface area contributed by atoms with E-state index in [1.165, 1.54) is 76.7 Å². The van der Waals surface area contributed by atoms with Crippen molar-refractivity contribution in [2.24, 2.45) is 35.5 Å². The average Bonchev–Trinajstić information content (AvgIpc) is 2.83. The zero-order valence-corrected chi connectivity index (χ0v) is 20.5. The van der Waals surface area contributed by atoms with Crippen LogP contribution >= 0.6 is 0 Å². The number of unbranched alkanes of at least 4 members (excludes halogenated alkanes) is 4. The highest BCUT2D eigenvalue weighted by atomic mass is 19.1. The number of carbonyl (C=O) groups excluding carboxylic acids is 1. The van der Waals surface area contributed by atoms with E-state index in [1.54, 1.807) is 0 Å². The van der Waals surface area contributed by atoms with Crippen molar-refractivity contribution in [3.63, 3.8) is 0 Å². The summed E-state index contributed by atoms with van der Waals surface area (Å²) in [6, 6.07) is 3.35. The lowest BCUT2D eigenvalue weighted by molar-refractivity contribution is -0.142. The highest BCUT2D eigenvalue weighted by molar-refractivity contribution is 5.75. The largest absolute Gasteiger partial charge is 0.426 e. The molecule has 0 saturated heterocycles. The van der Waals surface area contributed by atoms with Crippen LogP contribution in [0.25, 0.3) is 0 Å². The van der Waals surface area contributed by atoms with Crippen molar-refractivity contribution in [1.29, 1.82) is 5.26 Å².